The Kier molecular flexibility index (Phi) is 4.18. The first-order valence-corrected chi connectivity index (χ1v) is 5.16. The minimum atomic E-state index is 1.12. The van der Waals surface area contributed by atoms with E-state index in [1.165, 1.54) is 16.7 Å². The SMILES string of the molecule is C/C=C(\C=C(\C)CC)c1ccccc1. The number of hydrogen-bond acceptors (Lipinski definition) is 0. The van der Waals surface area contributed by atoms with E-state index in [1.54, 1.807) is 0 Å². The number of benzene rings is 1. The Labute approximate surface area is 87.0 Å². The zero-order valence-electron chi connectivity index (χ0n) is 9.25. The van der Waals surface area contributed by atoms with Crippen LogP contribution in [0, 0.1) is 0 Å². The Morgan fingerprint density at radius 1 is 1.21 bits per heavy atom. The molecule has 0 atom stereocenters. The Hall–Kier alpha value is -1.30. The summed E-state index contributed by atoms with van der Waals surface area (Å²) in [5.41, 5.74) is 4.02. The standard InChI is InChI=1S/C14H18/c1-4-12(3)11-13(5-2)14-9-7-6-8-10-14/h5-11H,4H2,1-3H3/b12-11-,13-5+. The highest BCUT2D eigenvalue weighted by Crippen LogP contribution is 2.17. The molecule has 0 aliphatic rings. The van der Waals surface area contributed by atoms with Crippen molar-refractivity contribution < 1.29 is 0 Å². The predicted octanol–water partition coefficient (Wildman–Crippen LogP) is 4.45. The minimum absolute atomic E-state index is 1.12. The third kappa shape index (κ3) is 2.88. The van der Waals surface area contributed by atoms with Crippen LogP contribution in [-0.4, -0.2) is 0 Å². The molecular formula is C14H18. The van der Waals surface area contributed by atoms with Gasteiger partial charge in [-0.05, 0) is 31.4 Å². The van der Waals surface area contributed by atoms with Crippen molar-refractivity contribution in [1.29, 1.82) is 0 Å². The molecule has 1 aromatic rings. The van der Waals surface area contributed by atoms with Gasteiger partial charge in [-0.3, -0.25) is 0 Å². The number of rotatable bonds is 3. The van der Waals surface area contributed by atoms with E-state index in [4.69, 9.17) is 0 Å². The first kappa shape index (κ1) is 10.8. The van der Waals surface area contributed by atoms with Crippen LogP contribution in [-0.2, 0) is 0 Å². The van der Waals surface area contributed by atoms with Crippen LogP contribution in [0.5, 0.6) is 0 Å². The molecule has 1 rings (SSSR count). The molecule has 0 N–H and O–H groups in total. The second kappa shape index (κ2) is 5.43. The van der Waals surface area contributed by atoms with Gasteiger partial charge in [0.05, 0.1) is 0 Å². The lowest BCUT2D eigenvalue weighted by atomic mass is 10.0. The van der Waals surface area contributed by atoms with Gasteiger partial charge in [-0.1, -0.05) is 55.0 Å². The van der Waals surface area contributed by atoms with Crippen LogP contribution in [0.3, 0.4) is 0 Å². The van der Waals surface area contributed by atoms with Gasteiger partial charge in [0.25, 0.3) is 0 Å². The maximum absolute atomic E-state index is 2.26. The van der Waals surface area contributed by atoms with Crippen molar-refractivity contribution in [1.82, 2.24) is 0 Å². The highest BCUT2D eigenvalue weighted by Gasteiger charge is 1.95. The quantitative estimate of drug-likeness (QED) is 0.612. The highest BCUT2D eigenvalue weighted by atomic mass is 14.0. The van der Waals surface area contributed by atoms with Crippen molar-refractivity contribution in [2.75, 3.05) is 0 Å². The Morgan fingerprint density at radius 3 is 2.36 bits per heavy atom. The summed E-state index contributed by atoms with van der Waals surface area (Å²) in [7, 11) is 0. The molecule has 0 nitrogen and oxygen atoms in total. The van der Waals surface area contributed by atoms with Crippen LogP contribution in [0.4, 0.5) is 0 Å². The average molecular weight is 186 g/mol. The van der Waals surface area contributed by atoms with Gasteiger partial charge >= 0.3 is 0 Å². The summed E-state index contributed by atoms with van der Waals surface area (Å²) in [6, 6.07) is 10.5. The van der Waals surface area contributed by atoms with Gasteiger partial charge < -0.3 is 0 Å². The molecule has 0 aliphatic heterocycles. The van der Waals surface area contributed by atoms with Crippen molar-refractivity contribution in [3.8, 4) is 0 Å². The maximum Gasteiger partial charge on any atom is -0.0187 e. The Morgan fingerprint density at radius 2 is 1.86 bits per heavy atom. The van der Waals surface area contributed by atoms with Gasteiger partial charge in [0.1, 0.15) is 0 Å². The largest absolute Gasteiger partial charge is 0.0798 e. The molecule has 14 heavy (non-hydrogen) atoms. The average Bonchev–Trinajstić information content (AvgIpc) is 2.26. The summed E-state index contributed by atoms with van der Waals surface area (Å²) in [5.74, 6) is 0. The normalized spacial score (nSPS) is 13.1. The van der Waals surface area contributed by atoms with Gasteiger partial charge in [-0.15, -0.1) is 0 Å². The van der Waals surface area contributed by atoms with Crippen molar-refractivity contribution in [3.63, 3.8) is 0 Å². The Balaban J connectivity index is 2.96. The van der Waals surface area contributed by atoms with Crippen molar-refractivity contribution >= 4 is 5.57 Å². The number of allylic oxidation sites excluding steroid dienone is 4. The van der Waals surface area contributed by atoms with E-state index >= 15 is 0 Å². The first-order valence-electron chi connectivity index (χ1n) is 5.16. The van der Waals surface area contributed by atoms with Gasteiger partial charge in [0.2, 0.25) is 0 Å². The van der Waals surface area contributed by atoms with Crippen molar-refractivity contribution in [2.24, 2.45) is 0 Å². The third-order valence-corrected chi connectivity index (χ3v) is 2.38. The number of hydrogen-bond donors (Lipinski definition) is 0. The zero-order valence-corrected chi connectivity index (χ0v) is 9.25. The fraction of sp³-hybridized carbons (Fsp3) is 0.286. The van der Waals surface area contributed by atoms with Crippen LogP contribution in [0.25, 0.3) is 5.57 Å². The van der Waals surface area contributed by atoms with E-state index in [2.05, 4.69) is 57.2 Å². The first-order chi connectivity index (χ1) is 6.77. The van der Waals surface area contributed by atoms with Crippen LogP contribution >= 0.6 is 0 Å². The summed E-state index contributed by atoms with van der Waals surface area (Å²) in [4.78, 5) is 0. The van der Waals surface area contributed by atoms with E-state index in [0.29, 0.717) is 0 Å². The van der Waals surface area contributed by atoms with E-state index in [-0.39, 0.29) is 0 Å². The molecule has 1 aromatic carbocycles. The maximum atomic E-state index is 2.26. The molecule has 0 radical (unpaired) electrons. The molecule has 0 fully saturated rings. The van der Waals surface area contributed by atoms with Crippen molar-refractivity contribution in [2.45, 2.75) is 27.2 Å². The molecule has 0 amide bonds. The Bertz CT molecular complexity index is 328. The molecule has 0 aliphatic carbocycles. The molecule has 0 saturated heterocycles. The molecule has 0 heteroatoms. The lowest BCUT2D eigenvalue weighted by molar-refractivity contribution is 1.10. The van der Waals surface area contributed by atoms with E-state index in [1.807, 2.05) is 6.07 Å². The summed E-state index contributed by atoms with van der Waals surface area (Å²) < 4.78 is 0. The van der Waals surface area contributed by atoms with Crippen LogP contribution in [0.1, 0.15) is 32.8 Å². The molecule has 0 heterocycles. The van der Waals surface area contributed by atoms with Gasteiger partial charge in [0, 0.05) is 0 Å². The fourth-order valence-electron chi connectivity index (χ4n) is 1.33. The molecular weight excluding hydrogens is 168 g/mol. The van der Waals surface area contributed by atoms with E-state index in [0.717, 1.165) is 6.42 Å². The summed E-state index contributed by atoms with van der Waals surface area (Å²) >= 11 is 0. The second-order valence-electron chi connectivity index (χ2n) is 3.45. The minimum Gasteiger partial charge on any atom is -0.0798 e. The van der Waals surface area contributed by atoms with Crippen LogP contribution in [0.15, 0.2) is 48.1 Å². The molecule has 0 spiro atoms. The highest BCUT2D eigenvalue weighted by molar-refractivity contribution is 5.74. The lowest BCUT2D eigenvalue weighted by Crippen LogP contribution is -1.81. The monoisotopic (exact) mass is 186 g/mol. The molecule has 0 unspecified atom stereocenters. The fourth-order valence-corrected chi connectivity index (χ4v) is 1.33. The van der Waals surface area contributed by atoms with Gasteiger partial charge in [0.15, 0.2) is 0 Å². The molecule has 0 bridgehead atoms. The summed E-state index contributed by atoms with van der Waals surface area (Å²) in [6.07, 6.45) is 5.54. The predicted molar refractivity (Wildman–Crippen MR) is 64.1 cm³/mol. The zero-order chi connectivity index (χ0) is 10.4. The second-order valence-corrected chi connectivity index (χ2v) is 3.45. The smallest absolute Gasteiger partial charge is 0.0187 e. The summed E-state index contributed by atoms with van der Waals surface area (Å²) in [6.45, 7) is 6.44. The molecule has 0 saturated carbocycles. The van der Waals surface area contributed by atoms with Gasteiger partial charge in [-0.25, -0.2) is 0 Å². The van der Waals surface area contributed by atoms with Gasteiger partial charge in [-0.2, -0.15) is 0 Å². The van der Waals surface area contributed by atoms with Crippen LogP contribution in [0.2, 0.25) is 0 Å². The van der Waals surface area contributed by atoms with E-state index in [9.17, 15) is 0 Å². The van der Waals surface area contributed by atoms with Crippen molar-refractivity contribution in [3.05, 3.63) is 53.6 Å². The van der Waals surface area contributed by atoms with Crippen LogP contribution < -0.4 is 0 Å². The topological polar surface area (TPSA) is 0 Å². The summed E-state index contributed by atoms with van der Waals surface area (Å²) in [5, 5.41) is 0. The third-order valence-electron chi connectivity index (χ3n) is 2.38. The lowest BCUT2D eigenvalue weighted by Gasteiger charge is -2.03. The molecule has 74 valence electrons. The van der Waals surface area contributed by atoms with E-state index < -0.39 is 0 Å². The molecule has 0 aromatic heterocycles.